The average Bonchev–Trinajstić information content (AvgIpc) is 2.98. The molecule has 1 heterocycles. The smallest absolute Gasteiger partial charge is 0.220 e. The summed E-state index contributed by atoms with van der Waals surface area (Å²) in [5.74, 6) is -0.0841. The number of hydrogen-bond acceptors (Lipinski definition) is 3. The zero-order chi connectivity index (χ0) is 14.4. The molecule has 2 N–H and O–H groups in total. The number of aliphatic hydroxyl groups is 1. The van der Waals surface area contributed by atoms with Crippen molar-refractivity contribution in [1.82, 2.24) is 5.32 Å². The number of amides is 1. The molecule has 0 aliphatic carbocycles. The van der Waals surface area contributed by atoms with Crippen LogP contribution in [0.3, 0.4) is 0 Å². The van der Waals surface area contributed by atoms with Crippen molar-refractivity contribution in [2.75, 3.05) is 6.54 Å². The van der Waals surface area contributed by atoms with E-state index in [2.05, 4.69) is 5.32 Å². The van der Waals surface area contributed by atoms with E-state index in [1.54, 1.807) is 0 Å². The number of hydrogen-bond donors (Lipinski definition) is 2. The molecule has 1 amide bonds. The van der Waals surface area contributed by atoms with Crippen LogP contribution in [0.5, 0.6) is 0 Å². The van der Waals surface area contributed by atoms with E-state index >= 15 is 0 Å². The number of nitrogens with one attached hydrogen (secondary N) is 1. The van der Waals surface area contributed by atoms with E-state index in [0.717, 1.165) is 11.1 Å². The maximum absolute atomic E-state index is 11.7. The topological polar surface area (TPSA) is 49.3 Å². The lowest BCUT2D eigenvalue weighted by atomic mass is 10.1. The monoisotopic (exact) mass is 309 g/mol. The van der Waals surface area contributed by atoms with Crippen LogP contribution in [-0.2, 0) is 11.2 Å². The van der Waals surface area contributed by atoms with Gasteiger partial charge in [0.15, 0.2) is 0 Å². The molecule has 1 unspecified atom stereocenters. The van der Waals surface area contributed by atoms with E-state index in [0.29, 0.717) is 17.9 Å². The van der Waals surface area contributed by atoms with Crippen molar-refractivity contribution in [2.45, 2.75) is 18.9 Å². The van der Waals surface area contributed by atoms with Gasteiger partial charge in [-0.05, 0) is 40.4 Å². The Bertz CT molecular complexity index is 557. The van der Waals surface area contributed by atoms with Crippen molar-refractivity contribution < 1.29 is 9.90 Å². The number of aliphatic hydroxyl groups excluding tert-OH is 1. The van der Waals surface area contributed by atoms with Gasteiger partial charge in [0.2, 0.25) is 5.91 Å². The summed E-state index contributed by atoms with van der Waals surface area (Å²) in [7, 11) is 0. The van der Waals surface area contributed by atoms with Crippen molar-refractivity contribution in [1.29, 1.82) is 0 Å². The quantitative estimate of drug-likeness (QED) is 0.861. The predicted molar refractivity (Wildman–Crippen MR) is 82.1 cm³/mol. The predicted octanol–water partition coefficient (Wildman–Crippen LogP) is 3.18. The third kappa shape index (κ3) is 4.34. The lowest BCUT2D eigenvalue weighted by Crippen LogP contribution is -2.28. The van der Waals surface area contributed by atoms with Gasteiger partial charge in [-0.1, -0.05) is 29.8 Å². The summed E-state index contributed by atoms with van der Waals surface area (Å²) < 4.78 is 0. The van der Waals surface area contributed by atoms with Crippen LogP contribution in [-0.4, -0.2) is 17.6 Å². The normalized spacial score (nSPS) is 12.1. The first-order chi connectivity index (χ1) is 9.66. The van der Waals surface area contributed by atoms with Crippen molar-refractivity contribution in [3.05, 3.63) is 57.2 Å². The SMILES string of the molecule is O=C(CCc1ccccc1Cl)NCC(O)c1ccsc1. The Hall–Kier alpha value is -1.36. The molecule has 5 heteroatoms. The van der Waals surface area contributed by atoms with Gasteiger partial charge in [-0.3, -0.25) is 4.79 Å². The number of carbonyl (C=O) groups is 1. The Balaban J connectivity index is 1.75. The van der Waals surface area contributed by atoms with Gasteiger partial charge in [0.25, 0.3) is 0 Å². The first kappa shape index (κ1) is 15.0. The number of aryl methyl sites for hydroxylation is 1. The average molecular weight is 310 g/mol. The molecule has 0 aliphatic rings. The highest BCUT2D eigenvalue weighted by Crippen LogP contribution is 2.17. The second-order valence-electron chi connectivity index (χ2n) is 4.47. The molecule has 0 bridgehead atoms. The summed E-state index contributed by atoms with van der Waals surface area (Å²) >= 11 is 7.56. The molecule has 1 aromatic heterocycles. The molecule has 1 aromatic carbocycles. The second-order valence-corrected chi connectivity index (χ2v) is 5.66. The van der Waals surface area contributed by atoms with Crippen LogP contribution in [0.1, 0.15) is 23.7 Å². The van der Waals surface area contributed by atoms with Crippen molar-refractivity contribution in [3.8, 4) is 0 Å². The molecule has 0 spiro atoms. The van der Waals surface area contributed by atoms with Crippen molar-refractivity contribution >= 4 is 28.8 Å². The van der Waals surface area contributed by atoms with Crippen LogP contribution >= 0.6 is 22.9 Å². The lowest BCUT2D eigenvalue weighted by molar-refractivity contribution is -0.121. The molecule has 2 rings (SSSR count). The largest absolute Gasteiger partial charge is 0.387 e. The van der Waals surface area contributed by atoms with Gasteiger partial charge in [-0.25, -0.2) is 0 Å². The van der Waals surface area contributed by atoms with Gasteiger partial charge < -0.3 is 10.4 Å². The molecule has 0 radical (unpaired) electrons. The fourth-order valence-electron chi connectivity index (χ4n) is 1.83. The molecule has 106 valence electrons. The number of thiophene rings is 1. The zero-order valence-corrected chi connectivity index (χ0v) is 12.5. The summed E-state index contributed by atoms with van der Waals surface area (Å²) in [5, 5.41) is 17.0. The molecule has 3 nitrogen and oxygen atoms in total. The first-order valence-electron chi connectivity index (χ1n) is 6.37. The third-order valence-corrected chi connectivity index (χ3v) is 4.07. The number of rotatable bonds is 6. The van der Waals surface area contributed by atoms with Crippen LogP contribution in [0.25, 0.3) is 0 Å². The number of benzene rings is 1. The highest BCUT2D eigenvalue weighted by atomic mass is 35.5. The van der Waals surface area contributed by atoms with Gasteiger partial charge >= 0.3 is 0 Å². The molecule has 0 fully saturated rings. The van der Waals surface area contributed by atoms with Crippen molar-refractivity contribution in [2.24, 2.45) is 0 Å². The maximum Gasteiger partial charge on any atom is 0.220 e. The van der Waals surface area contributed by atoms with Gasteiger partial charge in [0.05, 0.1) is 6.10 Å². The highest BCUT2D eigenvalue weighted by Gasteiger charge is 2.10. The van der Waals surface area contributed by atoms with E-state index in [1.807, 2.05) is 41.1 Å². The van der Waals surface area contributed by atoms with E-state index in [9.17, 15) is 9.90 Å². The molecule has 0 aliphatic heterocycles. The summed E-state index contributed by atoms with van der Waals surface area (Å²) in [5.41, 5.74) is 1.80. The van der Waals surface area contributed by atoms with Crippen LogP contribution in [0.15, 0.2) is 41.1 Å². The van der Waals surface area contributed by atoms with Crippen LogP contribution in [0.4, 0.5) is 0 Å². The Morgan fingerprint density at radius 1 is 1.35 bits per heavy atom. The molecule has 0 saturated carbocycles. The number of halogens is 1. The Labute approximate surface area is 127 Å². The van der Waals surface area contributed by atoms with Crippen LogP contribution in [0.2, 0.25) is 5.02 Å². The molecule has 1 atom stereocenters. The Morgan fingerprint density at radius 2 is 2.15 bits per heavy atom. The molecule has 0 saturated heterocycles. The minimum Gasteiger partial charge on any atom is -0.387 e. The van der Waals surface area contributed by atoms with E-state index in [-0.39, 0.29) is 12.5 Å². The molecule has 20 heavy (non-hydrogen) atoms. The molecular weight excluding hydrogens is 294 g/mol. The van der Waals surface area contributed by atoms with Gasteiger partial charge in [-0.2, -0.15) is 11.3 Å². The Morgan fingerprint density at radius 3 is 2.85 bits per heavy atom. The van der Waals surface area contributed by atoms with Crippen LogP contribution < -0.4 is 5.32 Å². The maximum atomic E-state index is 11.7. The fraction of sp³-hybridized carbons (Fsp3) is 0.267. The minimum atomic E-state index is -0.648. The molecular formula is C15H16ClNO2S. The number of carbonyl (C=O) groups excluding carboxylic acids is 1. The summed E-state index contributed by atoms with van der Waals surface area (Å²) in [4.78, 5) is 11.7. The second kappa shape index (κ2) is 7.43. The lowest BCUT2D eigenvalue weighted by Gasteiger charge is -2.10. The standard InChI is InChI=1S/C15H16ClNO2S/c16-13-4-2-1-3-11(13)5-6-15(19)17-9-14(18)12-7-8-20-10-12/h1-4,7-8,10,14,18H,5-6,9H2,(H,17,19). The van der Waals surface area contributed by atoms with Gasteiger partial charge in [-0.15, -0.1) is 0 Å². The molecule has 2 aromatic rings. The highest BCUT2D eigenvalue weighted by molar-refractivity contribution is 7.07. The minimum absolute atomic E-state index is 0.0841. The van der Waals surface area contributed by atoms with E-state index in [1.165, 1.54) is 11.3 Å². The van der Waals surface area contributed by atoms with Gasteiger partial charge in [0.1, 0.15) is 0 Å². The fourth-order valence-corrected chi connectivity index (χ4v) is 2.77. The van der Waals surface area contributed by atoms with E-state index < -0.39 is 6.10 Å². The first-order valence-corrected chi connectivity index (χ1v) is 7.69. The summed E-state index contributed by atoms with van der Waals surface area (Å²) in [6.45, 7) is 0.234. The van der Waals surface area contributed by atoms with Crippen LogP contribution in [0, 0.1) is 0 Å². The Kier molecular flexibility index (Phi) is 5.59. The van der Waals surface area contributed by atoms with E-state index in [4.69, 9.17) is 11.6 Å². The summed E-state index contributed by atoms with van der Waals surface area (Å²) in [6.07, 6.45) is 0.311. The van der Waals surface area contributed by atoms with Crippen molar-refractivity contribution in [3.63, 3.8) is 0 Å². The zero-order valence-electron chi connectivity index (χ0n) is 10.9. The van der Waals surface area contributed by atoms with Gasteiger partial charge in [0, 0.05) is 18.0 Å². The third-order valence-electron chi connectivity index (χ3n) is 3.00. The summed E-state index contributed by atoms with van der Waals surface area (Å²) in [6, 6.07) is 9.35.